The summed E-state index contributed by atoms with van der Waals surface area (Å²) in [5, 5.41) is 8.27. The van der Waals surface area contributed by atoms with Crippen molar-refractivity contribution >= 4 is 35.1 Å². The third kappa shape index (κ3) is 3.63. The minimum atomic E-state index is -0.154. The number of amides is 1. The molecule has 0 aliphatic carbocycles. The van der Waals surface area contributed by atoms with Gasteiger partial charge in [-0.15, -0.1) is 11.8 Å². The molecule has 4 rings (SSSR count). The third-order valence-electron chi connectivity index (χ3n) is 5.13. The molecule has 1 aliphatic heterocycles. The van der Waals surface area contributed by atoms with Gasteiger partial charge >= 0.3 is 0 Å². The molecular formula is C22H22ClN3O3S. The number of nitrogens with zero attached hydrogens (tertiary/aromatic N) is 2. The zero-order chi connectivity index (χ0) is 21.4. The lowest BCUT2D eigenvalue weighted by molar-refractivity contribution is -0.113. The molecule has 30 heavy (non-hydrogen) atoms. The average Bonchev–Trinajstić information content (AvgIpc) is 2.95. The fourth-order valence-electron chi connectivity index (χ4n) is 3.57. The molecular weight excluding hydrogens is 422 g/mol. The topological polar surface area (TPSA) is 65.4 Å². The maximum absolute atomic E-state index is 12.6. The number of hydrogen-bond acceptors (Lipinski definition) is 5. The van der Waals surface area contributed by atoms with Gasteiger partial charge in [0.1, 0.15) is 17.3 Å². The summed E-state index contributed by atoms with van der Waals surface area (Å²) in [6.45, 7) is 3.90. The van der Waals surface area contributed by atoms with Gasteiger partial charge in [-0.3, -0.25) is 4.79 Å². The van der Waals surface area contributed by atoms with E-state index in [1.165, 1.54) is 11.8 Å². The molecule has 1 amide bonds. The maximum Gasteiger partial charge on any atom is 0.235 e. The van der Waals surface area contributed by atoms with Gasteiger partial charge < -0.3 is 14.8 Å². The van der Waals surface area contributed by atoms with E-state index in [-0.39, 0.29) is 11.2 Å². The van der Waals surface area contributed by atoms with Crippen LogP contribution in [0.5, 0.6) is 11.5 Å². The summed E-state index contributed by atoms with van der Waals surface area (Å²) in [4.78, 5) is 12.6. The number of ether oxygens (including phenoxy) is 2. The van der Waals surface area contributed by atoms with Crippen molar-refractivity contribution in [2.75, 3.05) is 25.3 Å². The van der Waals surface area contributed by atoms with Crippen molar-refractivity contribution < 1.29 is 14.3 Å². The Kier molecular flexibility index (Phi) is 5.66. The molecule has 6 nitrogen and oxygen atoms in total. The van der Waals surface area contributed by atoms with Crippen molar-refractivity contribution in [1.82, 2.24) is 9.78 Å². The molecule has 1 atom stereocenters. The van der Waals surface area contributed by atoms with Gasteiger partial charge in [0.2, 0.25) is 5.91 Å². The van der Waals surface area contributed by atoms with Crippen LogP contribution in [0.3, 0.4) is 0 Å². The van der Waals surface area contributed by atoms with Crippen LogP contribution in [0.2, 0.25) is 5.02 Å². The normalized spacial score (nSPS) is 15.9. The smallest absolute Gasteiger partial charge is 0.235 e. The molecule has 0 radical (unpaired) electrons. The Bertz CT molecular complexity index is 1130. The lowest BCUT2D eigenvalue weighted by Gasteiger charge is -2.19. The monoisotopic (exact) mass is 443 g/mol. The highest BCUT2D eigenvalue weighted by Gasteiger charge is 2.32. The lowest BCUT2D eigenvalue weighted by Crippen LogP contribution is -2.15. The fraction of sp³-hybridized carbons (Fsp3) is 0.273. The zero-order valence-electron chi connectivity index (χ0n) is 17.2. The molecule has 1 unspecified atom stereocenters. The Balaban J connectivity index is 1.92. The van der Waals surface area contributed by atoms with E-state index in [9.17, 15) is 4.79 Å². The Labute approximate surface area is 184 Å². The van der Waals surface area contributed by atoms with Crippen LogP contribution in [0.1, 0.15) is 27.6 Å². The number of carbonyl (C=O) groups excluding carboxylic acids is 1. The van der Waals surface area contributed by atoms with Gasteiger partial charge in [-0.1, -0.05) is 17.7 Å². The van der Waals surface area contributed by atoms with Crippen molar-refractivity contribution in [3.8, 4) is 17.2 Å². The van der Waals surface area contributed by atoms with Crippen LogP contribution in [0.4, 0.5) is 5.82 Å². The number of benzene rings is 2. The van der Waals surface area contributed by atoms with Gasteiger partial charge in [0.15, 0.2) is 0 Å². The quantitative estimate of drug-likeness (QED) is 0.619. The first kappa shape index (κ1) is 20.6. The zero-order valence-corrected chi connectivity index (χ0v) is 18.7. The van der Waals surface area contributed by atoms with E-state index in [2.05, 4.69) is 5.32 Å². The van der Waals surface area contributed by atoms with E-state index >= 15 is 0 Å². The molecule has 1 aromatic heterocycles. The second-order valence-corrected chi connectivity index (χ2v) is 8.54. The molecule has 2 aromatic carbocycles. The highest BCUT2D eigenvalue weighted by atomic mass is 35.5. The molecule has 0 fully saturated rings. The summed E-state index contributed by atoms with van der Waals surface area (Å²) in [7, 11) is 3.27. The number of aryl methyl sites for hydroxylation is 2. The lowest BCUT2D eigenvalue weighted by atomic mass is 10.0. The number of methoxy groups -OCH3 is 2. The van der Waals surface area contributed by atoms with Crippen LogP contribution in [-0.4, -0.2) is 35.7 Å². The number of carbonyl (C=O) groups is 1. The van der Waals surface area contributed by atoms with E-state index in [0.29, 0.717) is 16.6 Å². The first-order valence-corrected chi connectivity index (χ1v) is 10.8. The van der Waals surface area contributed by atoms with Gasteiger partial charge in [0, 0.05) is 16.1 Å². The fourth-order valence-corrected chi connectivity index (χ4v) is 4.95. The van der Waals surface area contributed by atoms with E-state index in [1.54, 1.807) is 18.9 Å². The van der Waals surface area contributed by atoms with Crippen LogP contribution < -0.4 is 14.8 Å². The van der Waals surface area contributed by atoms with E-state index < -0.39 is 0 Å². The number of aromatic nitrogens is 2. The number of thioether (sulfide) groups is 1. The van der Waals surface area contributed by atoms with Gasteiger partial charge in [-0.25, -0.2) is 4.68 Å². The molecule has 0 saturated heterocycles. The second-order valence-electron chi connectivity index (χ2n) is 7.04. The van der Waals surface area contributed by atoms with Crippen molar-refractivity contribution in [3.63, 3.8) is 0 Å². The minimum absolute atomic E-state index is 0.0787. The first-order chi connectivity index (χ1) is 14.4. The Morgan fingerprint density at radius 2 is 1.97 bits per heavy atom. The predicted octanol–water partition coefficient (Wildman–Crippen LogP) is 4.93. The standard InChI is InChI=1S/C22H22ClN3O3S/c1-12-5-6-14(9-17(12)23)26-22-20(13(2)25-26)21(30-11-19(27)24-22)16-10-15(28-3)7-8-18(16)29-4/h5-10,21H,11H2,1-4H3,(H,24,27). The highest BCUT2D eigenvalue weighted by Crippen LogP contribution is 2.47. The first-order valence-electron chi connectivity index (χ1n) is 9.42. The minimum Gasteiger partial charge on any atom is -0.497 e. The molecule has 0 spiro atoms. The Morgan fingerprint density at radius 3 is 2.67 bits per heavy atom. The average molecular weight is 444 g/mol. The van der Waals surface area contributed by atoms with Crippen LogP contribution in [0.25, 0.3) is 5.69 Å². The molecule has 8 heteroatoms. The van der Waals surface area contributed by atoms with E-state index in [4.69, 9.17) is 26.2 Å². The second kappa shape index (κ2) is 8.24. The number of halogens is 1. The van der Waals surface area contributed by atoms with Crippen molar-refractivity contribution in [3.05, 3.63) is 63.8 Å². The highest BCUT2D eigenvalue weighted by molar-refractivity contribution is 8.00. The Morgan fingerprint density at radius 1 is 1.17 bits per heavy atom. The van der Waals surface area contributed by atoms with Crippen LogP contribution in [0, 0.1) is 13.8 Å². The number of nitrogens with one attached hydrogen (secondary N) is 1. The summed E-state index contributed by atoms with van der Waals surface area (Å²) in [6.07, 6.45) is 0. The van der Waals surface area contributed by atoms with E-state index in [1.807, 2.05) is 50.2 Å². The summed E-state index contributed by atoms with van der Waals surface area (Å²) < 4.78 is 12.8. The van der Waals surface area contributed by atoms with E-state index in [0.717, 1.165) is 39.6 Å². The summed E-state index contributed by atoms with van der Waals surface area (Å²) in [5.41, 5.74) is 4.47. The van der Waals surface area contributed by atoms with Crippen molar-refractivity contribution in [2.45, 2.75) is 19.1 Å². The predicted molar refractivity (Wildman–Crippen MR) is 121 cm³/mol. The molecule has 0 saturated carbocycles. The Hall–Kier alpha value is -2.64. The van der Waals surface area contributed by atoms with Crippen LogP contribution >= 0.6 is 23.4 Å². The number of anilines is 1. The van der Waals surface area contributed by atoms with Gasteiger partial charge in [0.25, 0.3) is 0 Å². The van der Waals surface area contributed by atoms with Crippen molar-refractivity contribution in [1.29, 1.82) is 0 Å². The summed E-state index contributed by atoms with van der Waals surface area (Å²) in [6, 6.07) is 11.4. The third-order valence-corrected chi connectivity index (χ3v) is 6.79. The molecule has 1 aliphatic rings. The van der Waals surface area contributed by atoms with Gasteiger partial charge in [-0.2, -0.15) is 5.10 Å². The molecule has 1 N–H and O–H groups in total. The summed E-state index contributed by atoms with van der Waals surface area (Å²) in [5.74, 6) is 2.35. The maximum atomic E-state index is 12.6. The van der Waals surface area contributed by atoms with Gasteiger partial charge in [0.05, 0.1) is 36.6 Å². The molecule has 0 bridgehead atoms. The molecule has 2 heterocycles. The largest absolute Gasteiger partial charge is 0.497 e. The van der Waals surface area contributed by atoms with Crippen LogP contribution in [-0.2, 0) is 4.79 Å². The molecule has 3 aromatic rings. The molecule has 156 valence electrons. The number of rotatable bonds is 4. The van der Waals surface area contributed by atoms with Gasteiger partial charge in [-0.05, 0) is 49.7 Å². The van der Waals surface area contributed by atoms with Crippen molar-refractivity contribution in [2.24, 2.45) is 0 Å². The summed E-state index contributed by atoms with van der Waals surface area (Å²) >= 11 is 7.89. The number of fused-ring (bicyclic) bond motifs is 1. The van der Waals surface area contributed by atoms with Crippen LogP contribution in [0.15, 0.2) is 36.4 Å². The SMILES string of the molecule is COc1ccc(OC)c(C2SCC(=O)Nc3c2c(C)nn3-c2ccc(C)c(Cl)c2)c1. The number of hydrogen-bond donors (Lipinski definition) is 1.